The minimum absolute atomic E-state index is 0.726. The molecule has 3 rings (SSSR count). The van der Waals surface area contributed by atoms with Gasteiger partial charge in [-0.1, -0.05) is 26.2 Å². The Hall–Kier alpha value is -0.830. The first-order valence-corrected chi connectivity index (χ1v) is 8.95. The Morgan fingerprint density at radius 3 is 2.71 bits per heavy atom. The maximum Gasteiger partial charge on any atom is 0.0492 e. The Labute approximate surface area is 129 Å². The zero-order valence-corrected chi connectivity index (χ0v) is 13.8. The van der Waals surface area contributed by atoms with Crippen LogP contribution < -0.4 is 0 Å². The first-order chi connectivity index (χ1) is 10.2. The lowest BCUT2D eigenvalue weighted by Gasteiger charge is -2.35. The van der Waals surface area contributed by atoms with Crippen LogP contribution in [0.4, 0.5) is 0 Å². The number of hydrogen-bond acceptors (Lipinski definition) is 2. The highest BCUT2D eigenvalue weighted by atomic mass is 15.3. The van der Waals surface area contributed by atoms with E-state index in [1.165, 1.54) is 63.7 Å². The second-order valence-corrected chi connectivity index (χ2v) is 7.36. The standard InChI is InChI=1S/C18H31N3/c1-15(13-17-10-11-19-20(17)2)14-21-12-6-9-18(21)16-7-4-3-5-8-16/h10-11,15-16,18H,3-9,12-14H2,1-2H3/t15-,18+/m0/s1. The highest BCUT2D eigenvalue weighted by Crippen LogP contribution is 2.34. The van der Waals surface area contributed by atoms with E-state index in [1.807, 2.05) is 10.9 Å². The average Bonchev–Trinajstić information content (AvgIpc) is 3.10. The minimum Gasteiger partial charge on any atom is -0.300 e. The van der Waals surface area contributed by atoms with Crippen molar-refractivity contribution >= 4 is 0 Å². The maximum atomic E-state index is 4.29. The van der Waals surface area contributed by atoms with Gasteiger partial charge in [0.05, 0.1) is 0 Å². The Kier molecular flexibility index (Phi) is 4.99. The quantitative estimate of drug-likeness (QED) is 0.825. The highest BCUT2D eigenvalue weighted by molar-refractivity contribution is 5.01. The summed E-state index contributed by atoms with van der Waals surface area (Å²) in [4.78, 5) is 2.82. The van der Waals surface area contributed by atoms with Crippen molar-refractivity contribution in [2.45, 2.75) is 64.3 Å². The predicted octanol–water partition coefficient (Wildman–Crippen LogP) is 3.64. The van der Waals surface area contributed by atoms with Gasteiger partial charge in [0.2, 0.25) is 0 Å². The second-order valence-electron chi connectivity index (χ2n) is 7.36. The van der Waals surface area contributed by atoms with Crippen LogP contribution in [0, 0.1) is 11.8 Å². The molecule has 1 saturated heterocycles. The molecule has 21 heavy (non-hydrogen) atoms. The number of hydrogen-bond donors (Lipinski definition) is 0. The van der Waals surface area contributed by atoms with Crippen LogP contribution in [0.2, 0.25) is 0 Å². The maximum absolute atomic E-state index is 4.29. The Balaban J connectivity index is 1.54. The van der Waals surface area contributed by atoms with E-state index >= 15 is 0 Å². The normalized spacial score (nSPS) is 26.3. The molecule has 3 heteroatoms. The molecule has 118 valence electrons. The van der Waals surface area contributed by atoms with Crippen LogP contribution in [0.3, 0.4) is 0 Å². The van der Waals surface area contributed by atoms with E-state index in [0.29, 0.717) is 0 Å². The zero-order chi connectivity index (χ0) is 14.7. The van der Waals surface area contributed by atoms with Crippen molar-refractivity contribution in [3.63, 3.8) is 0 Å². The van der Waals surface area contributed by atoms with E-state index in [9.17, 15) is 0 Å². The molecule has 0 bridgehead atoms. The largest absolute Gasteiger partial charge is 0.300 e. The van der Waals surface area contributed by atoms with Gasteiger partial charge in [0, 0.05) is 31.5 Å². The van der Waals surface area contributed by atoms with E-state index < -0.39 is 0 Å². The SMILES string of the molecule is C[C@@H](Cc1ccnn1C)CN1CCC[C@@H]1C1CCCCC1. The van der Waals surface area contributed by atoms with Crippen LogP contribution in [0.1, 0.15) is 57.6 Å². The molecule has 0 spiro atoms. The van der Waals surface area contributed by atoms with E-state index in [1.54, 1.807) is 0 Å². The van der Waals surface area contributed by atoms with Crippen molar-refractivity contribution in [3.05, 3.63) is 18.0 Å². The fourth-order valence-corrected chi connectivity index (χ4v) is 4.55. The molecular weight excluding hydrogens is 258 g/mol. The highest BCUT2D eigenvalue weighted by Gasteiger charge is 2.32. The lowest BCUT2D eigenvalue weighted by atomic mass is 9.82. The van der Waals surface area contributed by atoms with Crippen molar-refractivity contribution in [2.75, 3.05) is 13.1 Å². The first-order valence-electron chi connectivity index (χ1n) is 8.95. The average molecular weight is 289 g/mol. The molecule has 1 aliphatic carbocycles. The topological polar surface area (TPSA) is 21.1 Å². The third-order valence-electron chi connectivity index (χ3n) is 5.63. The summed E-state index contributed by atoms with van der Waals surface area (Å²) in [6, 6.07) is 3.05. The summed E-state index contributed by atoms with van der Waals surface area (Å²) in [6.45, 7) is 5.01. The molecule has 0 N–H and O–H groups in total. The van der Waals surface area contributed by atoms with Gasteiger partial charge in [0.1, 0.15) is 0 Å². The van der Waals surface area contributed by atoms with E-state index in [0.717, 1.165) is 24.3 Å². The molecule has 2 aliphatic rings. The van der Waals surface area contributed by atoms with Gasteiger partial charge in [-0.2, -0.15) is 5.10 Å². The van der Waals surface area contributed by atoms with Crippen LogP contribution >= 0.6 is 0 Å². The van der Waals surface area contributed by atoms with Crippen molar-refractivity contribution in [3.8, 4) is 0 Å². The summed E-state index contributed by atoms with van der Waals surface area (Å²) in [5.74, 6) is 1.72. The third-order valence-corrected chi connectivity index (χ3v) is 5.63. The van der Waals surface area contributed by atoms with Crippen LogP contribution in [0.25, 0.3) is 0 Å². The fraction of sp³-hybridized carbons (Fsp3) is 0.833. The van der Waals surface area contributed by atoms with Gasteiger partial charge >= 0.3 is 0 Å². The zero-order valence-electron chi connectivity index (χ0n) is 13.8. The predicted molar refractivity (Wildman–Crippen MR) is 87.2 cm³/mol. The molecule has 2 fully saturated rings. The molecule has 0 aromatic carbocycles. The molecule has 1 aromatic rings. The minimum atomic E-state index is 0.726. The summed E-state index contributed by atoms with van der Waals surface area (Å²) in [5, 5.41) is 4.29. The number of likely N-dealkylation sites (tertiary alicyclic amines) is 1. The summed E-state index contributed by atoms with van der Waals surface area (Å²) in [5.41, 5.74) is 1.37. The fourth-order valence-electron chi connectivity index (χ4n) is 4.55. The van der Waals surface area contributed by atoms with Crippen molar-refractivity contribution < 1.29 is 0 Å². The Morgan fingerprint density at radius 1 is 1.19 bits per heavy atom. The summed E-state index contributed by atoms with van der Waals surface area (Å²) in [6.07, 6.45) is 13.3. The second kappa shape index (κ2) is 6.95. The molecule has 1 aliphatic heterocycles. The number of aryl methyl sites for hydroxylation is 1. The van der Waals surface area contributed by atoms with Crippen molar-refractivity contribution in [1.82, 2.24) is 14.7 Å². The first kappa shape index (κ1) is 15.1. The van der Waals surface area contributed by atoms with Crippen LogP contribution in [-0.4, -0.2) is 33.8 Å². The monoisotopic (exact) mass is 289 g/mol. The molecule has 1 aromatic heterocycles. The van der Waals surface area contributed by atoms with E-state index in [-0.39, 0.29) is 0 Å². The van der Waals surface area contributed by atoms with Gasteiger partial charge in [-0.3, -0.25) is 9.58 Å². The lowest BCUT2D eigenvalue weighted by Crippen LogP contribution is -2.39. The van der Waals surface area contributed by atoms with E-state index in [2.05, 4.69) is 30.0 Å². The van der Waals surface area contributed by atoms with Gasteiger partial charge in [-0.15, -0.1) is 0 Å². The molecule has 3 nitrogen and oxygen atoms in total. The molecule has 2 atom stereocenters. The molecule has 1 saturated carbocycles. The van der Waals surface area contributed by atoms with Crippen LogP contribution in [0.5, 0.6) is 0 Å². The van der Waals surface area contributed by atoms with Gasteiger partial charge < -0.3 is 0 Å². The molecule has 0 unspecified atom stereocenters. The molecule has 0 amide bonds. The van der Waals surface area contributed by atoms with Crippen molar-refractivity contribution in [1.29, 1.82) is 0 Å². The van der Waals surface area contributed by atoms with Crippen molar-refractivity contribution in [2.24, 2.45) is 18.9 Å². The Bertz CT molecular complexity index is 433. The molecule has 0 radical (unpaired) electrons. The summed E-state index contributed by atoms with van der Waals surface area (Å²) >= 11 is 0. The number of nitrogens with zero attached hydrogens (tertiary/aromatic N) is 3. The summed E-state index contributed by atoms with van der Waals surface area (Å²) < 4.78 is 2.03. The summed E-state index contributed by atoms with van der Waals surface area (Å²) in [7, 11) is 2.06. The third kappa shape index (κ3) is 3.68. The van der Waals surface area contributed by atoms with Gasteiger partial charge in [-0.25, -0.2) is 0 Å². The van der Waals surface area contributed by atoms with Gasteiger partial charge in [0.25, 0.3) is 0 Å². The number of aromatic nitrogens is 2. The Morgan fingerprint density at radius 2 is 2.00 bits per heavy atom. The molecular formula is C18H31N3. The van der Waals surface area contributed by atoms with Gasteiger partial charge in [0.15, 0.2) is 0 Å². The smallest absolute Gasteiger partial charge is 0.0492 e. The number of rotatable bonds is 5. The molecule has 2 heterocycles. The van der Waals surface area contributed by atoms with Crippen LogP contribution in [0.15, 0.2) is 12.3 Å². The lowest BCUT2D eigenvalue weighted by molar-refractivity contribution is 0.140. The van der Waals surface area contributed by atoms with E-state index in [4.69, 9.17) is 0 Å². The van der Waals surface area contributed by atoms with Crippen LogP contribution in [-0.2, 0) is 13.5 Å². The van der Waals surface area contributed by atoms with Gasteiger partial charge in [-0.05, 0) is 56.6 Å².